The second-order valence-electron chi connectivity index (χ2n) is 5.52. The van der Waals surface area contributed by atoms with E-state index in [-0.39, 0.29) is 37.8 Å². The Kier molecular flexibility index (Phi) is 4.76. The molecule has 1 heterocycles. The molecule has 1 saturated heterocycles. The lowest BCUT2D eigenvalue weighted by molar-refractivity contribution is -0.179. The minimum atomic E-state index is -4.14. The van der Waals surface area contributed by atoms with Gasteiger partial charge in [0.15, 0.2) is 0 Å². The molecule has 2 rings (SSSR count). The Hall–Kier alpha value is -1.30. The molecule has 0 amide bonds. The third kappa shape index (κ3) is 3.67. The minimum absolute atomic E-state index is 0.0254. The van der Waals surface area contributed by atoms with E-state index in [9.17, 15) is 17.6 Å². The zero-order valence-electron chi connectivity index (χ0n) is 12.2. The highest BCUT2D eigenvalue weighted by Crippen LogP contribution is 2.36. The van der Waals surface area contributed by atoms with Crippen LogP contribution < -0.4 is 10.2 Å². The van der Waals surface area contributed by atoms with E-state index >= 15 is 0 Å². The number of nitrogens with zero attached hydrogens (tertiary/aromatic N) is 1. The van der Waals surface area contributed by atoms with Gasteiger partial charge in [-0.3, -0.25) is 0 Å². The molecule has 0 aromatic heterocycles. The van der Waals surface area contributed by atoms with Crippen molar-refractivity contribution in [2.75, 3.05) is 25.0 Å². The number of halogens is 4. The molecular formula is C15H20F4N2. The van der Waals surface area contributed by atoms with E-state index in [2.05, 4.69) is 5.32 Å². The van der Waals surface area contributed by atoms with Crippen LogP contribution in [0.25, 0.3) is 0 Å². The number of rotatable bonds is 3. The van der Waals surface area contributed by atoms with E-state index in [1.807, 2.05) is 13.0 Å². The van der Waals surface area contributed by atoms with Crippen molar-refractivity contribution in [2.45, 2.75) is 32.0 Å². The third-order valence-corrected chi connectivity index (χ3v) is 4.20. The number of nitrogens with one attached hydrogen (secondary N) is 1. The highest BCUT2D eigenvalue weighted by atomic mass is 19.4. The van der Waals surface area contributed by atoms with E-state index in [4.69, 9.17) is 0 Å². The zero-order chi connectivity index (χ0) is 15.6. The van der Waals surface area contributed by atoms with Gasteiger partial charge in [0, 0.05) is 19.1 Å². The average Bonchev–Trinajstić information content (AvgIpc) is 2.45. The first-order chi connectivity index (χ1) is 9.82. The maximum atomic E-state index is 14.2. The smallest absolute Gasteiger partial charge is 0.369 e. The van der Waals surface area contributed by atoms with E-state index in [1.54, 1.807) is 18.0 Å². The predicted molar refractivity (Wildman–Crippen MR) is 74.9 cm³/mol. The Balaban J connectivity index is 2.07. The molecule has 2 nitrogen and oxygen atoms in total. The van der Waals surface area contributed by atoms with Crippen LogP contribution in [0.4, 0.5) is 23.2 Å². The Morgan fingerprint density at radius 2 is 1.86 bits per heavy atom. The van der Waals surface area contributed by atoms with Crippen LogP contribution in [0.1, 0.15) is 31.4 Å². The van der Waals surface area contributed by atoms with Crippen LogP contribution in [0.2, 0.25) is 0 Å². The van der Waals surface area contributed by atoms with Crippen molar-refractivity contribution >= 4 is 5.69 Å². The van der Waals surface area contributed by atoms with E-state index in [0.717, 1.165) is 5.56 Å². The predicted octanol–water partition coefficient (Wildman–Crippen LogP) is 3.88. The van der Waals surface area contributed by atoms with Crippen LogP contribution in [0, 0.1) is 11.7 Å². The van der Waals surface area contributed by atoms with Crippen molar-refractivity contribution in [3.05, 3.63) is 29.6 Å². The Morgan fingerprint density at radius 3 is 2.33 bits per heavy atom. The minimum Gasteiger partial charge on any atom is -0.369 e. The molecule has 0 saturated carbocycles. The summed E-state index contributed by atoms with van der Waals surface area (Å²) < 4.78 is 52.1. The van der Waals surface area contributed by atoms with Gasteiger partial charge in [-0.2, -0.15) is 13.2 Å². The third-order valence-electron chi connectivity index (χ3n) is 4.20. The molecule has 0 aliphatic carbocycles. The fraction of sp³-hybridized carbons (Fsp3) is 0.600. The number of hydrogen-bond donors (Lipinski definition) is 1. The lowest BCUT2D eigenvalue weighted by atomic mass is 9.95. The zero-order valence-corrected chi connectivity index (χ0v) is 12.2. The van der Waals surface area contributed by atoms with Gasteiger partial charge < -0.3 is 10.2 Å². The van der Waals surface area contributed by atoms with Gasteiger partial charge in [0.05, 0.1) is 11.6 Å². The molecule has 0 spiro atoms. The van der Waals surface area contributed by atoms with E-state index in [1.165, 1.54) is 6.07 Å². The van der Waals surface area contributed by atoms with Gasteiger partial charge in [-0.05, 0) is 44.5 Å². The van der Waals surface area contributed by atoms with Crippen molar-refractivity contribution < 1.29 is 17.6 Å². The molecular weight excluding hydrogens is 284 g/mol. The van der Waals surface area contributed by atoms with Gasteiger partial charge in [0.1, 0.15) is 5.82 Å². The fourth-order valence-corrected chi connectivity index (χ4v) is 2.66. The highest BCUT2D eigenvalue weighted by Gasteiger charge is 2.41. The van der Waals surface area contributed by atoms with Crippen molar-refractivity contribution in [1.29, 1.82) is 0 Å². The summed E-state index contributed by atoms with van der Waals surface area (Å²) in [5, 5.41) is 3.02. The number of hydrogen-bond acceptors (Lipinski definition) is 2. The van der Waals surface area contributed by atoms with Crippen molar-refractivity contribution in [3.8, 4) is 0 Å². The second-order valence-corrected chi connectivity index (χ2v) is 5.52. The van der Waals surface area contributed by atoms with Gasteiger partial charge in [-0.15, -0.1) is 0 Å². The first-order valence-corrected chi connectivity index (χ1v) is 7.11. The monoisotopic (exact) mass is 304 g/mol. The Morgan fingerprint density at radius 1 is 1.24 bits per heavy atom. The van der Waals surface area contributed by atoms with Gasteiger partial charge in [0.25, 0.3) is 0 Å². The van der Waals surface area contributed by atoms with E-state index < -0.39 is 12.1 Å². The summed E-state index contributed by atoms with van der Waals surface area (Å²) in [7, 11) is 1.79. The number of piperidine rings is 1. The second kappa shape index (κ2) is 6.22. The molecule has 1 aliphatic heterocycles. The Bertz CT molecular complexity index is 479. The molecule has 1 aromatic carbocycles. The summed E-state index contributed by atoms with van der Waals surface area (Å²) in [6, 6.07) is 4.96. The molecule has 1 unspecified atom stereocenters. The summed E-state index contributed by atoms with van der Waals surface area (Å²) in [6.07, 6.45) is -4.09. The standard InChI is InChI=1S/C15H20F4N2/c1-10(20-2)11-3-4-14(13(16)9-11)21-7-5-12(6-8-21)15(17,18)19/h3-4,9-10,12,20H,5-8H2,1-2H3. The summed E-state index contributed by atoms with van der Waals surface area (Å²) in [4.78, 5) is 1.70. The van der Waals surface area contributed by atoms with E-state index in [0.29, 0.717) is 5.69 Å². The lowest BCUT2D eigenvalue weighted by Crippen LogP contribution is -2.39. The van der Waals surface area contributed by atoms with Crippen LogP contribution in [0.3, 0.4) is 0 Å². The van der Waals surface area contributed by atoms with Crippen LogP contribution in [0.5, 0.6) is 0 Å². The van der Waals surface area contributed by atoms with Crippen molar-refractivity contribution in [1.82, 2.24) is 5.32 Å². The summed E-state index contributed by atoms with van der Waals surface area (Å²) in [5.74, 6) is -1.64. The molecule has 118 valence electrons. The van der Waals surface area contributed by atoms with Gasteiger partial charge >= 0.3 is 6.18 Å². The molecule has 0 bridgehead atoms. The maximum absolute atomic E-state index is 14.2. The summed E-state index contributed by atoms with van der Waals surface area (Å²) >= 11 is 0. The van der Waals surface area contributed by atoms with Gasteiger partial charge in [-0.1, -0.05) is 6.07 Å². The largest absolute Gasteiger partial charge is 0.391 e. The summed E-state index contributed by atoms with van der Waals surface area (Å²) in [5.41, 5.74) is 1.21. The average molecular weight is 304 g/mol. The number of alkyl halides is 3. The number of anilines is 1. The highest BCUT2D eigenvalue weighted by molar-refractivity contribution is 5.50. The quantitative estimate of drug-likeness (QED) is 0.852. The molecule has 1 fully saturated rings. The molecule has 0 radical (unpaired) electrons. The van der Waals surface area contributed by atoms with Gasteiger partial charge in [-0.25, -0.2) is 4.39 Å². The van der Waals surface area contributed by atoms with Crippen molar-refractivity contribution in [2.24, 2.45) is 5.92 Å². The molecule has 1 atom stereocenters. The fourth-order valence-electron chi connectivity index (χ4n) is 2.66. The molecule has 1 aromatic rings. The SMILES string of the molecule is CNC(C)c1ccc(N2CCC(C(F)(F)F)CC2)c(F)c1. The molecule has 1 N–H and O–H groups in total. The first-order valence-electron chi connectivity index (χ1n) is 7.11. The Labute approximate surface area is 122 Å². The van der Waals surface area contributed by atoms with Crippen LogP contribution in [-0.2, 0) is 0 Å². The molecule has 21 heavy (non-hydrogen) atoms. The lowest BCUT2D eigenvalue weighted by Gasteiger charge is -2.34. The van der Waals surface area contributed by atoms with Crippen LogP contribution in [-0.4, -0.2) is 26.3 Å². The van der Waals surface area contributed by atoms with Gasteiger partial charge in [0.2, 0.25) is 0 Å². The maximum Gasteiger partial charge on any atom is 0.391 e. The van der Waals surface area contributed by atoms with Crippen LogP contribution in [0.15, 0.2) is 18.2 Å². The topological polar surface area (TPSA) is 15.3 Å². The summed E-state index contributed by atoms with van der Waals surface area (Å²) in [6.45, 7) is 2.40. The first kappa shape index (κ1) is 16.1. The number of benzene rings is 1. The van der Waals surface area contributed by atoms with Crippen LogP contribution >= 0.6 is 0 Å². The normalized spacial score (nSPS) is 18.9. The molecule has 6 heteroatoms. The van der Waals surface area contributed by atoms with Crippen molar-refractivity contribution in [3.63, 3.8) is 0 Å². The molecule has 1 aliphatic rings.